The summed E-state index contributed by atoms with van der Waals surface area (Å²) in [5.74, 6) is 3.91. The lowest BCUT2D eigenvalue weighted by molar-refractivity contribution is -0.00770. The maximum atomic E-state index is 5.99. The number of anilines is 1. The largest absolute Gasteiger partial charge is 0.374 e. The predicted octanol–water partition coefficient (Wildman–Crippen LogP) is 3.19. The number of nitrogens with one attached hydrogen (secondary N) is 1. The Morgan fingerprint density at radius 2 is 1.78 bits per heavy atom. The Morgan fingerprint density at radius 1 is 1.13 bits per heavy atom. The van der Waals surface area contributed by atoms with Crippen LogP contribution in [0.3, 0.4) is 0 Å². The molecular formula is C18H26N4S. The molecule has 6 rings (SSSR count). The normalized spacial score (nSPS) is 38.0. The molecule has 3 N–H and O–H groups in total. The molecule has 4 fully saturated rings. The Labute approximate surface area is 143 Å². The fourth-order valence-corrected chi connectivity index (χ4v) is 6.62. The summed E-state index contributed by atoms with van der Waals surface area (Å²) in [6.07, 6.45) is 12.0. The van der Waals surface area contributed by atoms with Crippen molar-refractivity contribution < 1.29 is 0 Å². The summed E-state index contributed by atoms with van der Waals surface area (Å²) in [5, 5.41) is 8.95. The molecule has 2 heterocycles. The number of rotatable bonds is 1. The average Bonchev–Trinajstić information content (AvgIpc) is 2.70. The van der Waals surface area contributed by atoms with Crippen molar-refractivity contribution in [2.45, 2.75) is 63.2 Å². The summed E-state index contributed by atoms with van der Waals surface area (Å²) < 4.78 is 1.82. The highest BCUT2D eigenvalue weighted by molar-refractivity contribution is 7.80. The minimum Gasteiger partial charge on any atom is -0.374 e. The molecule has 23 heavy (non-hydrogen) atoms. The fourth-order valence-electron chi connectivity index (χ4n) is 6.49. The topological polar surface area (TPSA) is 55.9 Å². The van der Waals surface area contributed by atoms with E-state index in [1.165, 1.54) is 62.6 Å². The third-order valence-corrected chi connectivity index (χ3v) is 7.05. The predicted molar refractivity (Wildman–Crippen MR) is 95.7 cm³/mol. The Kier molecular flexibility index (Phi) is 3.07. The monoisotopic (exact) mass is 330 g/mol. The molecule has 1 aliphatic heterocycles. The molecule has 4 bridgehead atoms. The van der Waals surface area contributed by atoms with E-state index in [1.807, 2.05) is 4.68 Å². The van der Waals surface area contributed by atoms with Crippen LogP contribution in [0.25, 0.3) is 0 Å². The van der Waals surface area contributed by atoms with Gasteiger partial charge in [-0.25, -0.2) is 0 Å². The van der Waals surface area contributed by atoms with Gasteiger partial charge in [-0.15, -0.1) is 0 Å². The second-order valence-corrected chi connectivity index (χ2v) is 8.93. The fraction of sp³-hybridized carbons (Fsp3) is 0.778. The first-order chi connectivity index (χ1) is 11.1. The van der Waals surface area contributed by atoms with Crippen molar-refractivity contribution in [2.24, 2.45) is 23.5 Å². The first-order valence-electron chi connectivity index (χ1n) is 9.31. The summed E-state index contributed by atoms with van der Waals surface area (Å²) in [6, 6.07) is 0. The summed E-state index contributed by atoms with van der Waals surface area (Å²) in [6.45, 7) is 1.00. The Morgan fingerprint density at radius 3 is 2.39 bits per heavy atom. The lowest BCUT2D eigenvalue weighted by atomic mass is 9.48. The van der Waals surface area contributed by atoms with E-state index in [4.69, 9.17) is 23.1 Å². The number of aromatic nitrogens is 2. The van der Waals surface area contributed by atoms with E-state index < -0.39 is 0 Å². The van der Waals surface area contributed by atoms with Crippen LogP contribution in [-0.2, 0) is 11.8 Å². The molecule has 1 aromatic rings. The van der Waals surface area contributed by atoms with Crippen LogP contribution in [0, 0.1) is 17.8 Å². The molecule has 4 nitrogen and oxygen atoms in total. The van der Waals surface area contributed by atoms with Crippen LogP contribution in [-0.4, -0.2) is 21.4 Å². The van der Waals surface area contributed by atoms with Gasteiger partial charge in [-0.3, -0.25) is 0 Å². The molecule has 124 valence electrons. The lowest BCUT2D eigenvalue weighted by Crippen LogP contribution is -2.49. The van der Waals surface area contributed by atoms with Crippen LogP contribution in [0.1, 0.15) is 62.6 Å². The van der Waals surface area contributed by atoms with Gasteiger partial charge in [0.2, 0.25) is 0 Å². The molecule has 5 heteroatoms. The van der Waals surface area contributed by atoms with Crippen LogP contribution in [0.2, 0.25) is 0 Å². The van der Waals surface area contributed by atoms with E-state index in [2.05, 4.69) is 5.32 Å². The third kappa shape index (κ3) is 2.08. The first-order valence-corrected chi connectivity index (χ1v) is 9.71. The van der Waals surface area contributed by atoms with Gasteiger partial charge in [0.05, 0.1) is 5.69 Å². The summed E-state index contributed by atoms with van der Waals surface area (Å²) in [4.78, 5) is 0. The maximum absolute atomic E-state index is 5.99. The van der Waals surface area contributed by atoms with Gasteiger partial charge in [0.1, 0.15) is 5.82 Å². The molecule has 0 unspecified atom stereocenters. The van der Waals surface area contributed by atoms with Crippen LogP contribution in [0.15, 0.2) is 0 Å². The molecule has 4 aliphatic carbocycles. The van der Waals surface area contributed by atoms with Crippen LogP contribution < -0.4 is 11.1 Å². The highest BCUT2D eigenvalue weighted by atomic mass is 32.1. The van der Waals surface area contributed by atoms with Gasteiger partial charge >= 0.3 is 0 Å². The van der Waals surface area contributed by atoms with E-state index in [0.717, 1.165) is 36.5 Å². The first kappa shape index (κ1) is 14.3. The second kappa shape index (κ2) is 4.95. The van der Waals surface area contributed by atoms with E-state index >= 15 is 0 Å². The van der Waals surface area contributed by atoms with Crippen LogP contribution >= 0.6 is 12.2 Å². The van der Waals surface area contributed by atoms with Gasteiger partial charge in [0.15, 0.2) is 5.11 Å². The van der Waals surface area contributed by atoms with Crippen LogP contribution in [0.5, 0.6) is 0 Å². The number of nitrogens with two attached hydrogens (primary N) is 1. The Balaban J connectivity index is 1.64. The van der Waals surface area contributed by atoms with Crippen molar-refractivity contribution >= 4 is 23.1 Å². The summed E-state index contributed by atoms with van der Waals surface area (Å²) >= 11 is 5.29. The highest BCUT2D eigenvalue weighted by Crippen LogP contribution is 2.61. The number of thiocarbonyl (C=S) groups is 1. The van der Waals surface area contributed by atoms with E-state index in [-0.39, 0.29) is 0 Å². The maximum Gasteiger partial charge on any atom is 0.193 e. The number of hydrogen-bond donors (Lipinski definition) is 2. The van der Waals surface area contributed by atoms with Gasteiger partial charge < -0.3 is 11.1 Å². The summed E-state index contributed by atoms with van der Waals surface area (Å²) in [5.41, 5.74) is 9.09. The molecule has 0 amide bonds. The zero-order chi connectivity index (χ0) is 15.6. The van der Waals surface area contributed by atoms with Crippen molar-refractivity contribution in [3.05, 3.63) is 11.3 Å². The van der Waals surface area contributed by atoms with Crippen molar-refractivity contribution in [1.82, 2.24) is 9.78 Å². The number of fused-ring (bicyclic) bond motifs is 1. The zero-order valence-electron chi connectivity index (χ0n) is 13.7. The smallest absolute Gasteiger partial charge is 0.193 e. The van der Waals surface area contributed by atoms with Crippen LogP contribution in [0.4, 0.5) is 5.82 Å². The van der Waals surface area contributed by atoms with Gasteiger partial charge in [-0.1, -0.05) is 0 Å². The molecule has 0 atom stereocenters. The van der Waals surface area contributed by atoms with Gasteiger partial charge in [-0.05, 0) is 87.8 Å². The highest BCUT2D eigenvalue weighted by Gasteiger charge is 2.53. The molecule has 4 saturated carbocycles. The molecule has 0 saturated heterocycles. The van der Waals surface area contributed by atoms with Crippen molar-refractivity contribution in [1.29, 1.82) is 0 Å². The zero-order valence-corrected chi connectivity index (χ0v) is 14.5. The van der Waals surface area contributed by atoms with Crippen molar-refractivity contribution in [3.8, 4) is 0 Å². The van der Waals surface area contributed by atoms with Gasteiger partial charge in [0.25, 0.3) is 0 Å². The molecule has 5 aliphatic rings. The van der Waals surface area contributed by atoms with E-state index in [1.54, 1.807) is 0 Å². The van der Waals surface area contributed by atoms with Gasteiger partial charge in [-0.2, -0.15) is 9.78 Å². The standard InChI is InChI=1S/C18H26N4S/c19-17(23)22-16-14(3-1-2-4-20-16)15(21-22)18-8-11-5-12(9-18)7-13(6-11)10-18/h11-13,20H,1-10H2,(H2,19,23). The number of nitrogens with zero attached hydrogens (tertiary/aromatic N) is 2. The quantitative estimate of drug-likeness (QED) is 0.777. The second-order valence-electron chi connectivity index (χ2n) is 8.51. The minimum atomic E-state index is 0.320. The molecule has 0 aromatic carbocycles. The average molecular weight is 331 g/mol. The SMILES string of the molecule is NC(=S)n1nc(C23CC4CC(CC(C4)C2)C3)c2c1NCCCC2. The minimum absolute atomic E-state index is 0.320. The van der Waals surface area contributed by atoms with Crippen molar-refractivity contribution in [3.63, 3.8) is 0 Å². The van der Waals surface area contributed by atoms with Crippen molar-refractivity contribution in [2.75, 3.05) is 11.9 Å². The Hall–Kier alpha value is -1.10. The third-order valence-electron chi connectivity index (χ3n) is 6.88. The molecule has 0 radical (unpaired) electrons. The lowest BCUT2D eigenvalue weighted by Gasteiger charge is -2.56. The Bertz CT molecular complexity index is 627. The van der Waals surface area contributed by atoms with Gasteiger partial charge in [0, 0.05) is 17.5 Å². The number of hydrogen-bond acceptors (Lipinski definition) is 3. The van der Waals surface area contributed by atoms with E-state index in [9.17, 15) is 0 Å². The molecule has 1 aromatic heterocycles. The molecular weight excluding hydrogens is 304 g/mol. The van der Waals surface area contributed by atoms with E-state index in [0.29, 0.717) is 10.5 Å². The molecule has 0 spiro atoms. The summed E-state index contributed by atoms with van der Waals surface area (Å²) in [7, 11) is 0.